The average molecular weight is 294 g/mol. The van der Waals surface area contributed by atoms with Crippen LogP contribution in [0.2, 0.25) is 0 Å². The number of ether oxygens (including phenoxy) is 1. The van der Waals surface area contributed by atoms with Gasteiger partial charge in [0.25, 0.3) is 5.24 Å². The summed E-state index contributed by atoms with van der Waals surface area (Å²) in [5, 5.41) is 9.84. The molecule has 0 N–H and O–H groups in total. The first-order valence-corrected chi connectivity index (χ1v) is 4.86. The second kappa shape index (κ2) is 4.59. The first kappa shape index (κ1) is 11.9. The van der Waals surface area contributed by atoms with Crippen molar-refractivity contribution in [1.82, 2.24) is 0 Å². The fourth-order valence-corrected chi connectivity index (χ4v) is 1.89. The zero-order valence-electron chi connectivity index (χ0n) is 7.49. The predicted molar refractivity (Wildman–Crippen MR) is 57.5 cm³/mol. The minimum atomic E-state index is -0.910. The summed E-state index contributed by atoms with van der Waals surface area (Å²) in [5.41, 5.74) is -0.645. The van der Waals surface area contributed by atoms with E-state index in [0.717, 1.165) is 0 Å². The fourth-order valence-electron chi connectivity index (χ4n) is 1.08. The third-order valence-electron chi connectivity index (χ3n) is 1.69. The van der Waals surface area contributed by atoms with Crippen molar-refractivity contribution in [2.45, 2.75) is 0 Å². The monoisotopic (exact) mass is 293 g/mol. The van der Waals surface area contributed by atoms with Gasteiger partial charge in [0.15, 0.2) is 5.75 Å². The molecule has 0 unspecified atom stereocenters. The maximum atomic E-state index is 11.0. The maximum Gasteiger partial charge on any atom is 0.324 e. The number of rotatable bonds is 3. The van der Waals surface area contributed by atoms with Crippen LogP contribution in [0.4, 0.5) is 5.69 Å². The van der Waals surface area contributed by atoms with Crippen LogP contribution in [0.1, 0.15) is 10.4 Å². The summed E-state index contributed by atoms with van der Waals surface area (Å²) in [5.74, 6) is -0.00722. The Hall–Kier alpha value is -1.14. The Morgan fingerprint density at radius 2 is 2.20 bits per heavy atom. The third kappa shape index (κ3) is 2.27. The summed E-state index contributed by atoms with van der Waals surface area (Å²) >= 11 is 8.27. The average Bonchev–Trinajstić information content (AvgIpc) is 2.16. The number of nitro groups is 1. The molecule has 15 heavy (non-hydrogen) atoms. The first-order valence-electron chi connectivity index (χ1n) is 3.69. The molecular formula is C8H5BrClNO4. The summed E-state index contributed by atoms with van der Waals surface area (Å²) in [7, 11) is 1.28. The molecule has 0 heterocycles. The van der Waals surface area contributed by atoms with E-state index in [-0.39, 0.29) is 15.8 Å². The van der Waals surface area contributed by atoms with E-state index in [9.17, 15) is 14.9 Å². The molecule has 0 spiro atoms. The highest BCUT2D eigenvalue weighted by Crippen LogP contribution is 2.36. The van der Waals surface area contributed by atoms with Crippen molar-refractivity contribution in [3.63, 3.8) is 0 Å². The molecule has 0 saturated carbocycles. The number of carbonyl (C=O) groups is 1. The van der Waals surface area contributed by atoms with Crippen LogP contribution in [0.15, 0.2) is 16.6 Å². The summed E-state index contributed by atoms with van der Waals surface area (Å²) in [6.07, 6.45) is 0. The van der Waals surface area contributed by atoms with Gasteiger partial charge in [0, 0.05) is 4.47 Å². The van der Waals surface area contributed by atoms with Crippen molar-refractivity contribution in [3.8, 4) is 5.75 Å². The number of halogens is 2. The highest BCUT2D eigenvalue weighted by atomic mass is 79.9. The Balaban J connectivity index is 3.58. The maximum absolute atomic E-state index is 11.0. The van der Waals surface area contributed by atoms with Crippen LogP contribution in [0.3, 0.4) is 0 Å². The normalized spacial score (nSPS) is 9.80. The SMILES string of the molecule is COc1ccc(Br)c(C(=O)Cl)c1[N+](=O)[O-]. The summed E-state index contributed by atoms with van der Waals surface area (Å²) < 4.78 is 5.04. The number of nitrogens with zero attached hydrogens (tertiary/aromatic N) is 1. The van der Waals surface area contributed by atoms with Gasteiger partial charge in [-0.25, -0.2) is 0 Å². The van der Waals surface area contributed by atoms with E-state index in [2.05, 4.69) is 15.9 Å². The molecule has 0 aliphatic carbocycles. The second-order valence-corrected chi connectivity index (χ2v) is 3.70. The molecule has 0 amide bonds. The van der Waals surface area contributed by atoms with E-state index in [1.807, 2.05) is 0 Å². The quantitative estimate of drug-likeness (QED) is 0.488. The van der Waals surface area contributed by atoms with Crippen molar-refractivity contribution in [2.75, 3.05) is 7.11 Å². The van der Waals surface area contributed by atoms with Gasteiger partial charge in [-0.15, -0.1) is 0 Å². The molecule has 1 aromatic carbocycles. The summed E-state index contributed by atoms with van der Waals surface area (Å²) in [6.45, 7) is 0. The van der Waals surface area contributed by atoms with Gasteiger partial charge < -0.3 is 4.74 Å². The Bertz CT molecular complexity index is 435. The largest absolute Gasteiger partial charge is 0.490 e. The fraction of sp³-hybridized carbons (Fsp3) is 0.125. The lowest BCUT2D eigenvalue weighted by Crippen LogP contribution is -2.02. The molecule has 0 aliphatic rings. The zero-order valence-corrected chi connectivity index (χ0v) is 9.83. The molecule has 0 aromatic heterocycles. The van der Waals surface area contributed by atoms with E-state index < -0.39 is 15.9 Å². The smallest absolute Gasteiger partial charge is 0.324 e. The summed E-state index contributed by atoms with van der Waals surface area (Å²) in [6, 6.07) is 2.84. The molecular weight excluding hydrogens is 289 g/mol. The van der Waals surface area contributed by atoms with Crippen LogP contribution in [-0.4, -0.2) is 17.3 Å². The minimum Gasteiger partial charge on any atom is -0.490 e. The van der Waals surface area contributed by atoms with Gasteiger partial charge in [-0.3, -0.25) is 14.9 Å². The Morgan fingerprint density at radius 3 is 2.60 bits per heavy atom. The van der Waals surface area contributed by atoms with Crippen LogP contribution in [-0.2, 0) is 0 Å². The number of methoxy groups -OCH3 is 1. The lowest BCUT2D eigenvalue weighted by atomic mass is 10.2. The van der Waals surface area contributed by atoms with Gasteiger partial charge in [-0.1, -0.05) is 0 Å². The lowest BCUT2D eigenvalue weighted by Gasteiger charge is -2.05. The van der Waals surface area contributed by atoms with Crippen molar-refractivity contribution in [1.29, 1.82) is 0 Å². The molecule has 0 fully saturated rings. The number of hydrogen-bond acceptors (Lipinski definition) is 4. The number of hydrogen-bond donors (Lipinski definition) is 0. The topological polar surface area (TPSA) is 69.4 Å². The lowest BCUT2D eigenvalue weighted by molar-refractivity contribution is -0.386. The third-order valence-corrected chi connectivity index (χ3v) is 2.54. The van der Waals surface area contributed by atoms with Crippen molar-refractivity contribution < 1.29 is 14.5 Å². The van der Waals surface area contributed by atoms with Crippen molar-refractivity contribution in [2.24, 2.45) is 0 Å². The zero-order chi connectivity index (χ0) is 11.6. The molecule has 1 rings (SSSR count). The van der Waals surface area contributed by atoms with Gasteiger partial charge in [0.2, 0.25) is 0 Å². The highest BCUT2D eigenvalue weighted by Gasteiger charge is 2.27. The Kier molecular flexibility index (Phi) is 3.65. The van der Waals surface area contributed by atoms with E-state index in [4.69, 9.17) is 16.3 Å². The first-order chi connectivity index (χ1) is 6.99. The molecule has 5 nitrogen and oxygen atoms in total. The molecule has 0 aliphatic heterocycles. The Morgan fingerprint density at radius 1 is 1.60 bits per heavy atom. The van der Waals surface area contributed by atoms with Crippen LogP contribution in [0.25, 0.3) is 0 Å². The van der Waals surface area contributed by atoms with E-state index >= 15 is 0 Å². The van der Waals surface area contributed by atoms with Crippen molar-refractivity contribution >= 4 is 38.5 Å². The van der Waals surface area contributed by atoms with Gasteiger partial charge in [0.1, 0.15) is 5.56 Å². The number of nitro benzene ring substituents is 1. The van der Waals surface area contributed by atoms with Crippen LogP contribution in [0.5, 0.6) is 5.75 Å². The van der Waals surface area contributed by atoms with Crippen LogP contribution >= 0.6 is 27.5 Å². The minimum absolute atomic E-state index is 0.00722. The molecule has 0 bridgehead atoms. The van der Waals surface area contributed by atoms with Crippen LogP contribution in [0, 0.1) is 10.1 Å². The van der Waals surface area contributed by atoms with Gasteiger partial charge in [-0.2, -0.15) is 0 Å². The molecule has 1 aromatic rings. The molecule has 7 heteroatoms. The second-order valence-electron chi connectivity index (χ2n) is 2.50. The summed E-state index contributed by atoms with van der Waals surface area (Å²) in [4.78, 5) is 21.1. The highest BCUT2D eigenvalue weighted by molar-refractivity contribution is 9.10. The number of carbonyl (C=O) groups excluding carboxylic acids is 1. The van der Waals surface area contributed by atoms with E-state index in [1.54, 1.807) is 0 Å². The van der Waals surface area contributed by atoms with Gasteiger partial charge >= 0.3 is 5.69 Å². The predicted octanol–water partition coefficient (Wildman–Crippen LogP) is 2.74. The molecule has 80 valence electrons. The van der Waals surface area contributed by atoms with E-state index in [1.165, 1.54) is 19.2 Å². The number of benzene rings is 1. The molecule has 0 radical (unpaired) electrons. The van der Waals surface area contributed by atoms with Gasteiger partial charge in [0.05, 0.1) is 12.0 Å². The van der Waals surface area contributed by atoms with Crippen LogP contribution < -0.4 is 4.74 Å². The molecule has 0 saturated heterocycles. The van der Waals surface area contributed by atoms with E-state index in [0.29, 0.717) is 0 Å². The molecule has 0 atom stereocenters. The standard InChI is InChI=1S/C8H5BrClNO4/c1-15-5-3-2-4(9)6(8(10)12)7(5)11(13)14/h2-3H,1H3. The Labute approximate surface area is 98.3 Å². The van der Waals surface area contributed by atoms with Crippen molar-refractivity contribution in [3.05, 3.63) is 32.3 Å². The van der Waals surface area contributed by atoms with Gasteiger partial charge in [-0.05, 0) is 39.7 Å².